The number of rotatable bonds is 4. The van der Waals surface area contributed by atoms with Gasteiger partial charge in [-0.15, -0.1) is 11.8 Å². The van der Waals surface area contributed by atoms with Gasteiger partial charge in [0.1, 0.15) is 0 Å². The molecule has 0 radical (unpaired) electrons. The first-order valence-electron chi connectivity index (χ1n) is 8.43. The smallest absolute Gasteiger partial charge is 0.228 e. The van der Waals surface area contributed by atoms with Crippen molar-refractivity contribution in [1.29, 1.82) is 0 Å². The van der Waals surface area contributed by atoms with Crippen LogP contribution in [0.5, 0.6) is 0 Å². The van der Waals surface area contributed by atoms with Gasteiger partial charge >= 0.3 is 0 Å². The number of likely N-dealkylation sites (tertiary alicyclic amines) is 2. The number of aliphatic hydroxyl groups excluding tert-OH is 1. The Bertz CT molecular complexity index is 529. The van der Waals surface area contributed by atoms with Crippen molar-refractivity contribution < 1.29 is 9.90 Å². The molecule has 23 heavy (non-hydrogen) atoms. The quantitative estimate of drug-likeness (QED) is 0.856. The van der Waals surface area contributed by atoms with Crippen LogP contribution in [0.1, 0.15) is 19.3 Å². The van der Waals surface area contributed by atoms with Gasteiger partial charge in [0, 0.05) is 30.8 Å². The molecular weight excluding hydrogens is 308 g/mol. The van der Waals surface area contributed by atoms with Crippen LogP contribution in [-0.2, 0) is 4.79 Å². The number of nitrogens with zero attached hydrogens (tertiary/aromatic N) is 2. The predicted molar refractivity (Wildman–Crippen MR) is 93.5 cm³/mol. The monoisotopic (exact) mass is 334 g/mol. The minimum absolute atomic E-state index is 0.237. The zero-order valence-electron chi connectivity index (χ0n) is 13.8. The van der Waals surface area contributed by atoms with E-state index in [-0.39, 0.29) is 17.4 Å². The highest BCUT2D eigenvalue weighted by atomic mass is 32.2. The minimum atomic E-state index is -0.363. The van der Waals surface area contributed by atoms with E-state index in [2.05, 4.69) is 29.2 Å². The van der Waals surface area contributed by atoms with Crippen molar-refractivity contribution in [2.24, 2.45) is 5.41 Å². The molecule has 2 fully saturated rings. The highest BCUT2D eigenvalue weighted by Crippen LogP contribution is 2.40. The van der Waals surface area contributed by atoms with Crippen LogP contribution in [0, 0.1) is 5.41 Å². The molecule has 126 valence electrons. The normalized spacial score (nSPS) is 25.0. The van der Waals surface area contributed by atoms with E-state index in [1.165, 1.54) is 4.90 Å². The maximum Gasteiger partial charge on any atom is 0.228 e. The molecule has 1 aromatic carbocycles. The lowest BCUT2D eigenvalue weighted by molar-refractivity contribution is -0.154. The predicted octanol–water partition coefficient (Wildman–Crippen LogP) is 2.08. The van der Waals surface area contributed by atoms with Gasteiger partial charge in [-0.05, 0) is 44.5 Å². The van der Waals surface area contributed by atoms with Crippen LogP contribution in [0.25, 0.3) is 0 Å². The molecular formula is C18H26N2O2S. The van der Waals surface area contributed by atoms with Crippen LogP contribution in [0.2, 0.25) is 0 Å². The Morgan fingerprint density at radius 3 is 2.65 bits per heavy atom. The van der Waals surface area contributed by atoms with Crippen molar-refractivity contribution >= 4 is 17.7 Å². The van der Waals surface area contributed by atoms with Gasteiger partial charge in [-0.1, -0.05) is 18.2 Å². The van der Waals surface area contributed by atoms with E-state index < -0.39 is 0 Å². The molecule has 2 saturated heterocycles. The van der Waals surface area contributed by atoms with Gasteiger partial charge in [0.2, 0.25) is 5.91 Å². The largest absolute Gasteiger partial charge is 0.391 e. The molecule has 2 aliphatic rings. The summed E-state index contributed by atoms with van der Waals surface area (Å²) < 4.78 is 0. The Morgan fingerprint density at radius 2 is 1.96 bits per heavy atom. The fourth-order valence-electron chi connectivity index (χ4n) is 3.84. The first-order valence-corrected chi connectivity index (χ1v) is 9.41. The second-order valence-electron chi connectivity index (χ2n) is 6.83. The molecule has 1 N–H and O–H groups in total. The Hall–Kier alpha value is -1.04. The van der Waals surface area contributed by atoms with E-state index in [1.54, 1.807) is 4.90 Å². The fraction of sp³-hybridized carbons (Fsp3) is 0.611. The number of amides is 1. The Kier molecular flexibility index (Phi) is 5.29. The Morgan fingerprint density at radius 1 is 1.26 bits per heavy atom. The van der Waals surface area contributed by atoms with Gasteiger partial charge in [-0.25, -0.2) is 0 Å². The summed E-state index contributed by atoms with van der Waals surface area (Å²) in [4.78, 5) is 18.0. The van der Waals surface area contributed by atoms with Crippen molar-refractivity contribution in [2.45, 2.75) is 30.3 Å². The van der Waals surface area contributed by atoms with Crippen molar-refractivity contribution in [3.8, 4) is 0 Å². The Balaban J connectivity index is 1.47. The third-order valence-corrected chi connectivity index (χ3v) is 6.14. The molecule has 4 nitrogen and oxygen atoms in total. The van der Waals surface area contributed by atoms with Crippen LogP contribution < -0.4 is 0 Å². The number of hydrogen-bond acceptors (Lipinski definition) is 4. The molecule has 2 heterocycles. The lowest BCUT2D eigenvalue weighted by Gasteiger charge is -2.47. The molecule has 1 amide bonds. The number of benzene rings is 1. The van der Waals surface area contributed by atoms with E-state index in [0.29, 0.717) is 13.0 Å². The van der Waals surface area contributed by atoms with Crippen molar-refractivity contribution in [1.82, 2.24) is 9.80 Å². The molecule has 1 atom stereocenters. The van der Waals surface area contributed by atoms with Gasteiger partial charge in [0.05, 0.1) is 11.5 Å². The molecule has 0 bridgehead atoms. The summed E-state index contributed by atoms with van der Waals surface area (Å²) in [6, 6.07) is 10.5. The zero-order chi connectivity index (χ0) is 16.3. The molecule has 0 aliphatic carbocycles. The van der Waals surface area contributed by atoms with E-state index >= 15 is 0 Å². The first-order chi connectivity index (χ1) is 11.1. The van der Waals surface area contributed by atoms with E-state index in [4.69, 9.17) is 0 Å². The summed E-state index contributed by atoms with van der Waals surface area (Å²) in [6.45, 7) is 3.46. The maximum atomic E-state index is 12.5. The van der Waals surface area contributed by atoms with Gasteiger partial charge in [-0.2, -0.15) is 0 Å². The van der Waals surface area contributed by atoms with Crippen LogP contribution in [0.3, 0.4) is 0 Å². The van der Waals surface area contributed by atoms with Gasteiger partial charge in [0.25, 0.3) is 0 Å². The van der Waals surface area contributed by atoms with Crippen LogP contribution in [0.15, 0.2) is 35.2 Å². The van der Waals surface area contributed by atoms with Gasteiger partial charge < -0.3 is 14.9 Å². The van der Waals surface area contributed by atoms with Gasteiger partial charge in [0.15, 0.2) is 0 Å². The summed E-state index contributed by atoms with van der Waals surface area (Å²) in [5, 5.41) is 10.0. The van der Waals surface area contributed by atoms with Gasteiger partial charge in [-0.3, -0.25) is 4.79 Å². The van der Waals surface area contributed by atoms with Crippen LogP contribution in [0.4, 0.5) is 0 Å². The molecule has 3 rings (SSSR count). The lowest BCUT2D eigenvalue weighted by atomic mass is 9.71. The van der Waals surface area contributed by atoms with Crippen molar-refractivity contribution in [3.05, 3.63) is 30.3 Å². The molecule has 1 aromatic rings. The highest BCUT2D eigenvalue weighted by Gasteiger charge is 2.47. The second-order valence-corrected chi connectivity index (χ2v) is 8.00. The highest BCUT2D eigenvalue weighted by molar-refractivity contribution is 7.99. The van der Waals surface area contributed by atoms with Crippen molar-refractivity contribution in [2.75, 3.05) is 39.0 Å². The topological polar surface area (TPSA) is 43.8 Å². The van der Waals surface area contributed by atoms with E-state index in [1.807, 2.05) is 24.9 Å². The number of thioether (sulfide) groups is 1. The molecule has 1 spiro atoms. The van der Waals surface area contributed by atoms with Crippen LogP contribution >= 0.6 is 11.8 Å². The zero-order valence-corrected chi connectivity index (χ0v) is 14.6. The number of piperidine rings is 2. The SMILES string of the molecule is CN1CC(O)CC2(CCN(CCSc3ccccc3)CC2)C1=O. The molecule has 0 aromatic heterocycles. The maximum absolute atomic E-state index is 12.5. The average molecular weight is 334 g/mol. The fourth-order valence-corrected chi connectivity index (χ4v) is 4.77. The van der Waals surface area contributed by atoms with Crippen LogP contribution in [-0.4, -0.2) is 65.9 Å². The summed E-state index contributed by atoms with van der Waals surface area (Å²) in [5.41, 5.74) is -0.310. The molecule has 2 aliphatic heterocycles. The average Bonchev–Trinajstić information content (AvgIpc) is 2.55. The third-order valence-electron chi connectivity index (χ3n) is 5.14. The minimum Gasteiger partial charge on any atom is -0.391 e. The summed E-state index contributed by atoms with van der Waals surface area (Å²) in [6.07, 6.45) is 2.03. The Labute approximate surface area is 142 Å². The summed E-state index contributed by atoms with van der Waals surface area (Å²) >= 11 is 1.89. The summed E-state index contributed by atoms with van der Waals surface area (Å²) in [7, 11) is 1.81. The second kappa shape index (κ2) is 7.24. The number of likely N-dealkylation sites (N-methyl/N-ethyl adjacent to an activating group) is 1. The molecule has 5 heteroatoms. The number of aliphatic hydroxyl groups is 1. The third kappa shape index (κ3) is 3.90. The van der Waals surface area contributed by atoms with Crippen molar-refractivity contribution in [3.63, 3.8) is 0 Å². The number of carbonyl (C=O) groups excluding carboxylic acids is 1. The lowest BCUT2D eigenvalue weighted by Crippen LogP contribution is -2.56. The van der Waals surface area contributed by atoms with E-state index in [9.17, 15) is 9.90 Å². The van der Waals surface area contributed by atoms with E-state index in [0.717, 1.165) is 38.2 Å². The number of hydrogen-bond donors (Lipinski definition) is 1. The molecule has 1 unspecified atom stereocenters. The standard InChI is InChI=1S/C18H26N2O2S/c1-19-14-15(21)13-18(17(19)22)7-9-20(10-8-18)11-12-23-16-5-3-2-4-6-16/h2-6,15,21H,7-14H2,1H3. The number of β-amino-alcohol motifs (C(OH)–C–C–N with tert-alkyl or cyclic N) is 1. The number of carbonyl (C=O) groups is 1. The first kappa shape index (κ1) is 16.8. The summed E-state index contributed by atoms with van der Waals surface area (Å²) in [5.74, 6) is 1.31. The molecule has 0 saturated carbocycles.